The predicted molar refractivity (Wildman–Crippen MR) is 66.3 cm³/mol. The Bertz CT molecular complexity index is 306. The zero-order valence-electron chi connectivity index (χ0n) is 10.9. The zero-order chi connectivity index (χ0) is 13.7. The second-order valence-electron chi connectivity index (χ2n) is 4.90. The van der Waals surface area contributed by atoms with Gasteiger partial charge in [-0.15, -0.1) is 0 Å². The van der Waals surface area contributed by atoms with Crippen molar-refractivity contribution in [1.29, 1.82) is 0 Å². The van der Waals surface area contributed by atoms with Crippen molar-refractivity contribution in [3.63, 3.8) is 0 Å². The first kappa shape index (κ1) is 14.8. The fourth-order valence-electron chi connectivity index (χ4n) is 2.18. The average molecular weight is 258 g/mol. The third kappa shape index (κ3) is 3.87. The van der Waals surface area contributed by atoms with Crippen LogP contribution in [0.2, 0.25) is 0 Å². The summed E-state index contributed by atoms with van der Waals surface area (Å²) in [5, 5.41) is 20.6. The summed E-state index contributed by atoms with van der Waals surface area (Å²) in [6.45, 7) is 3.95. The maximum Gasteiger partial charge on any atom is 0.328 e. The normalized spacial score (nSPS) is 23.9. The van der Waals surface area contributed by atoms with E-state index in [2.05, 4.69) is 5.32 Å². The molecule has 3 atom stereocenters. The summed E-state index contributed by atoms with van der Waals surface area (Å²) in [5.74, 6) is -1.22. The van der Waals surface area contributed by atoms with Gasteiger partial charge in [0.25, 0.3) is 0 Å². The van der Waals surface area contributed by atoms with Gasteiger partial charge in [-0.3, -0.25) is 0 Å². The standard InChI is InChI=1S/C12H22N2O4/c1-8-6-4-3-5-7-14(8)12(18)13-10(9(2)15)11(16)17/h8-10,15H,3-7H2,1-2H3,(H,13,18)(H,16,17). The molecule has 18 heavy (non-hydrogen) atoms. The van der Waals surface area contributed by atoms with Crippen LogP contribution in [-0.2, 0) is 4.79 Å². The zero-order valence-corrected chi connectivity index (χ0v) is 10.9. The van der Waals surface area contributed by atoms with Crippen LogP contribution < -0.4 is 5.32 Å². The minimum atomic E-state index is -1.26. The molecule has 0 spiro atoms. The van der Waals surface area contributed by atoms with Crippen LogP contribution in [0.1, 0.15) is 39.5 Å². The fourth-order valence-corrected chi connectivity index (χ4v) is 2.18. The molecule has 0 aromatic heterocycles. The first-order valence-corrected chi connectivity index (χ1v) is 6.41. The summed E-state index contributed by atoms with van der Waals surface area (Å²) in [5.41, 5.74) is 0. The Morgan fingerprint density at radius 1 is 1.33 bits per heavy atom. The van der Waals surface area contributed by atoms with E-state index in [0.717, 1.165) is 25.7 Å². The molecule has 1 heterocycles. The number of aliphatic hydroxyl groups is 1. The van der Waals surface area contributed by atoms with Crippen LogP contribution in [-0.4, -0.2) is 51.8 Å². The van der Waals surface area contributed by atoms with Gasteiger partial charge >= 0.3 is 12.0 Å². The van der Waals surface area contributed by atoms with E-state index in [1.165, 1.54) is 6.92 Å². The Hall–Kier alpha value is -1.30. The molecule has 6 heteroatoms. The van der Waals surface area contributed by atoms with Crippen molar-refractivity contribution in [3.05, 3.63) is 0 Å². The number of carboxylic acids is 1. The Balaban J connectivity index is 2.64. The Labute approximate surface area is 107 Å². The number of amides is 2. The molecule has 6 nitrogen and oxygen atoms in total. The molecule has 0 radical (unpaired) electrons. The summed E-state index contributed by atoms with van der Waals surface area (Å²) in [6, 6.07) is -1.55. The minimum Gasteiger partial charge on any atom is -0.480 e. The molecular formula is C12H22N2O4. The summed E-state index contributed by atoms with van der Waals surface area (Å²) >= 11 is 0. The molecular weight excluding hydrogens is 236 g/mol. The second-order valence-corrected chi connectivity index (χ2v) is 4.90. The third-order valence-electron chi connectivity index (χ3n) is 3.34. The van der Waals surface area contributed by atoms with Crippen LogP contribution in [0.4, 0.5) is 4.79 Å². The summed E-state index contributed by atoms with van der Waals surface area (Å²) in [7, 11) is 0. The molecule has 3 N–H and O–H groups in total. The number of carbonyl (C=O) groups is 2. The molecule has 0 saturated carbocycles. The molecule has 0 bridgehead atoms. The van der Waals surface area contributed by atoms with E-state index < -0.39 is 24.1 Å². The molecule has 3 unspecified atom stereocenters. The molecule has 1 aliphatic rings. The highest BCUT2D eigenvalue weighted by Crippen LogP contribution is 2.16. The van der Waals surface area contributed by atoms with Crippen molar-refractivity contribution in [2.24, 2.45) is 0 Å². The van der Waals surface area contributed by atoms with Gasteiger partial charge in [0.15, 0.2) is 6.04 Å². The van der Waals surface area contributed by atoms with E-state index in [-0.39, 0.29) is 6.04 Å². The highest BCUT2D eigenvalue weighted by Gasteiger charge is 2.29. The monoisotopic (exact) mass is 258 g/mol. The van der Waals surface area contributed by atoms with Gasteiger partial charge in [-0.1, -0.05) is 12.8 Å². The Morgan fingerprint density at radius 2 is 2.00 bits per heavy atom. The smallest absolute Gasteiger partial charge is 0.328 e. The number of urea groups is 1. The van der Waals surface area contributed by atoms with Crippen LogP contribution >= 0.6 is 0 Å². The Morgan fingerprint density at radius 3 is 2.56 bits per heavy atom. The Kier molecular flexibility index (Phi) is 5.40. The van der Waals surface area contributed by atoms with E-state index >= 15 is 0 Å². The molecule has 104 valence electrons. The van der Waals surface area contributed by atoms with Gasteiger partial charge in [-0.25, -0.2) is 9.59 Å². The number of aliphatic hydroxyl groups excluding tert-OH is 1. The molecule has 2 amide bonds. The lowest BCUT2D eigenvalue weighted by Crippen LogP contribution is -2.54. The summed E-state index contributed by atoms with van der Waals surface area (Å²) in [6.07, 6.45) is 2.93. The van der Waals surface area contributed by atoms with Crippen LogP contribution in [0.15, 0.2) is 0 Å². The van der Waals surface area contributed by atoms with Crippen LogP contribution in [0, 0.1) is 0 Å². The molecule has 0 aliphatic carbocycles. The summed E-state index contributed by atoms with van der Waals surface area (Å²) < 4.78 is 0. The van der Waals surface area contributed by atoms with E-state index in [9.17, 15) is 14.7 Å². The van der Waals surface area contributed by atoms with Gasteiger partial charge in [-0.2, -0.15) is 0 Å². The number of aliphatic carboxylic acids is 1. The van der Waals surface area contributed by atoms with Crippen LogP contribution in [0.3, 0.4) is 0 Å². The highest BCUT2D eigenvalue weighted by molar-refractivity contribution is 5.83. The van der Waals surface area contributed by atoms with Gasteiger partial charge in [0, 0.05) is 12.6 Å². The van der Waals surface area contributed by atoms with Gasteiger partial charge in [0.2, 0.25) is 0 Å². The maximum absolute atomic E-state index is 12.0. The molecule has 0 aromatic carbocycles. The number of hydrogen-bond donors (Lipinski definition) is 3. The van der Waals surface area contributed by atoms with Gasteiger partial charge in [0.05, 0.1) is 6.10 Å². The van der Waals surface area contributed by atoms with Crippen molar-refractivity contribution < 1.29 is 19.8 Å². The first-order chi connectivity index (χ1) is 8.43. The van der Waals surface area contributed by atoms with Gasteiger partial charge < -0.3 is 20.4 Å². The first-order valence-electron chi connectivity index (χ1n) is 6.41. The average Bonchev–Trinajstić information content (AvgIpc) is 2.49. The number of carboxylic acid groups (broad SMARTS) is 1. The van der Waals surface area contributed by atoms with E-state index in [0.29, 0.717) is 6.54 Å². The largest absolute Gasteiger partial charge is 0.480 e. The van der Waals surface area contributed by atoms with E-state index in [1.807, 2.05) is 6.92 Å². The minimum absolute atomic E-state index is 0.107. The van der Waals surface area contributed by atoms with E-state index in [1.54, 1.807) is 4.90 Å². The van der Waals surface area contributed by atoms with Crippen molar-refractivity contribution >= 4 is 12.0 Å². The number of likely N-dealkylation sites (tertiary alicyclic amines) is 1. The predicted octanol–water partition coefficient (Wildman–Crippen LogP) is 0.794. The number of rotatable bonds is 3. The molecule has 1 aliphatic heterocycles. The number of nitrogens with one attached hydrogen (secondary N) is 1. The maximum atomic E-state index is 12.0. The highest BCUT2D eigenvalue weighted by atomic mass is 16.4. The van der Waals surface area contributed by atoms with Gasteiger partial charge in [-0.05, 0) is 26.7 Å². The number of hydrogen-bond acceptors (Lipinski definition) is 3. The topological polar surface area (TPSA) is 89.9 Å². The molecule has 1 rings (SSSR count). The molecule has 1 saturated heterocycles. The van der Waals surface area contributed by atoms with E-state index in [4.69, 9.17) is 5.11 Å². The van der Waals surface area contributed by atoms with Crippen molar-refractivity contribution in [2.75, 3.05) is 6.54 Å². The lowest BCUT2D eigenvalue weighted by Gasteiger charge is -2.29. The van der Waals surface area contributed by atoms with Crippen molar-refractivity contribution in [3.8, 4) is 0 Å². The third-order valence-corrected chi connectivity index (χ3v) is 3.34. The lowest BCUT2D eigenvalue weighted by atomic mass is 10.1. The van der Waals surface area contributed by atoms with Crippen molar-refractivity contribution in [1.82, 2.24) is 10.2 Å². The second kappa shape index (κ2) is 6.58. The number of nitrogens with zero attached hydrogens (tertiary/aromatic N) is 1. The fraction of sp³-hybridized carbons (Fsp3) is 0.833. The van der Waals surface area contributed by atoms with Crippen molar-refractivity contribution in [2.45, 2.75) is 57.7 Å². The SMILES string of the molecule is CC(O)C(NC(=O)N1CCCCCC1C)C(=O)O. The van der Waals surface area contributed by atoms with Crippen LogP contribution in [0.25, 0.3) is 0 Å². The lowest BCUT2D eigenvalue weighted by molar-refractivity contribution is -0.141. The number of carbonyl (C=O) groups excluding carboxylic acids is 1. The summed E-state index contributed by atoms with van der Waals surface area (Å²) in [4.78, 5) is 24.6. The molecule has 1 fully saturated rings. The molecule has 0 aromatic rings. The van der Waals surface area contributed by atoms with Gasteiger partial charge in [0.1, 0.15) is 0 Å². The van der Waals surface area contributed by atoms with Crippen LogP contribution in [0.5, 0.6) is 0 Å². The quantitative estimate of drug-likeness (QED) is 0.698.